The third-order valence-corrected chi connectivity index (χ3v) is 2.92. The number of rotatable bonds is 6. The fourth-order valence-electron chi connectivity index (χ4n) is 1.61. The van der Waals surface area contributed by atoms with Crippen molar-refractivity contribution in [3.8, 4) is 0 Å². The summed E-state index contributed by atoms with van der Waals surface area (Å²) >= 11 is 5.73. The van der Waals surface area contributed by atoms with E-state index in [2.05, 4.69) is 10.3 Å². The standard InChI is InChI=1S/C12H19ClFN3/c1-17(2)6-5-10(16-15)7-9-3-4-12(14)11(13)8-9/h3-4,8,10,16H,5-7,15H2,1-2H3. The van der Waals surface area contributed by atoms with Gasteiger partial charge in [0, 0.05) is 6.04 Å². The van der Waals surface area contributed by atoms with Crippen molar-refractivity contribution in [3.63, 3.8) is 0 Å². The zero-order valence-electron chi connectivity index (χ0n) is 10.2. The van der Waals surface area contributed by atoms with E-state index < -0.39 is 0 Å². The van der Waals surface area contributed by atoms with E-state index in [0.29, 0.717) is 0 Å². The Hall–Kier alpha value is -0.680. The summed E-state index contributed by atoms with van der Waals surface area (Å²) in [5, 5.41) is 0.158. The average Bonchev–Trinajstić information content (AvgIpc) is 2.28. The molecule has 0 spiro atoms. The van der Waals surface area contributed by atoms with Crippen LogP contribution in [0.25, 0.3) is 0 Å². The first kappa shape index (κ1) is 14.4. The molecule has 1 aromatic carbocycles. The minimum Gasteiger partial charge on any atom is -0.309 e. The molecule has 0 aromatic heterocycles. The second kappa shape index (κ2) is 6.91. The Kier molecular flexibility index (Phi) is 5.85. The van der Waals surface area contributed by atoms with Crippen LogP contribution in [0.1, 0.15) is 12.0 Å². The summed E-state index contributed by atoms with van der Waals surface area (Å²) < 4.78 is 13.0. The number of nitrogens with one attached hydrogen (secondary N) is 1. The molecule has 0 saturated carbocycles. The summed E-state index contributed by atoms with van der Waals surface area (Å²) in [5.41, 5.74) is 3.76. The molecule has 1 rings (SSSR count). The fourth-order valence-corrected chi connectivity index (χ4v) is 1.81. The second-order valence-corrected chi connectivity index (χ2v) is 4.82. The molecule has 1 unspecified atom stereocenters. The van der Waals surface area contributed by atoms with Crippen molar-refractivity contribution in [3.05, 3.63) is 34.6 Å². The van der Waals surface area contributed by atoms with Crippen LogP contribution in [0.5, 0.6) is 0 Å². The van der Waals surface area contributed by atoms with E-state index in [9.17, 15) is 4.39 Å². The summed E-state index contributed by atoms with van der Waals surface area (Å²) in [5.74, 6) is 5.11. The van der Waals surface area contributed by atoms with Crippen LogP contribution in [0, 0.1) is 5.82 Å². The van der Waals surface area contributed by atoms with Gasteiger partial charge in [-0.25, -0.2) is 4.39 Å². The average molecular weight is 260 g/mol. The first-order valence-electron chi connectivity index (χ1n) is 5.57. The Morgan fingerprint density at radius 2 is 2.18 bits per heavy atom. The Morgan fingerprint density at radius 3 is 2.71 bits per heavy atom. The van der Waals surface area contributed by atoms with Crippen molar-refractivity contribution in [1.82, 2.24) is 10.3 Å². The quantitative estimate of drug-likeness (QED) is 0.605. The molecule has 3 nitrogen and oxygen atoms in total. The highest BCUT2D eigenvalue weighted by Crippen LogP contribution is 2.17. The van der Waals surface area contributed by atoms with Gasteiger partial charge in [-0.2, -0.15) is 0 Å². The van der Waals surface area contributed by atoms with Crippen molar-refractivity contribution in [2.75, 3.05) is 20.6 Å². The molecule has 3 N–H and O–H groups in total. The van der Waals surface area contributed by atoms with Crippen molar-refractivity contribution in [1.29, 1.82) is 0 Å². The van der Waals surface area contributed by atoms with Crippen molar-refractivity contribution < 1.29 is 4.39 Å². The number of nitrogens with two attached hydrogens (primary N) is 1. The molecular formula is C12H19ClFN3. The highest BCUT2D eigenvalue weighted by Gasteiger charge is 2.09. The van der Waals surface area contributed by atoms with Gasteiger partial charge in [-0.15, -0.1) is 0 Å². The highest BCUT2D eigenvalue weighted by molar-refractivity contribution is 6.30. The largest absolute Gasteiger partial charge is 0.309 e. The van der Waals surface area contributed by atoms with Gasteiger partial charge < -0.3 is 4.90 Å². The fraction of sp³-hybridized carbons (Fsp3) is 0.500. The lowest BCUT2D eigenvalue weighted by Gasteiger charge is -2.18. The zero-order valence-corrected chi connectivity index (χ0v) is 11.0. The maximum Gasteiger partial charge on any atom is 0.141 e. The van der Waals surface area contributed by atoms with Crippen LogP contribution >= 0.6 is 11.6 Å². The van der Waals surface area contributed by atoms with Crippen LogP contribution in [-0.2, 0) is 6.42 Å². The van der Waals surface area contributed by atoms with E-state index in [-0.39, 0.29) is 16.9 Å². The molecule has 0 bridgehead atoms. The van der Waals surface area contributed by atoms with Crippen LogP contribution in [0.2, 0.25) is 5.02 Å². The van der Waals surface area contributed by atoms with Gasteiger partial charge in [-0.3, -0.25) is 11.3 Å². The van der Waals surface area contributed by atoms with Crippen LogP contribution in [0.4, 0.5) is 4.39 Å². The minimum atomic E-state index is -0.388. The van der Waals surface area contributed by atoms with Gasteiger partial charge in [-0.1, -0.05) is 17.7 Å². The van der Waals surface area contributed by atoms with E-state index in [4.69, 9.17) is 17.4 Å². The lowest BCUT2D eigenvalue weighted by molar-refractivity contribution is 0.358. The number of hydrazine groups is 1. The van der Waals surface area contributed by atoms with Gasteiger partial charge in [0.05, 0.1) is 5.02 Å². The molecule has 0 saturated heterocycles. The summed E-state index contributed by atoms with van der Waals surface area (Å²) in [6.45, 7) is 0.948. The molecule has 96 valence electrons. The first-order valence-corrected chi connectivity index (χ1v) is 5.95. The van der Waals surface area contributed by atoms with Crippen LogP contribution in [0.3, 0.4) is 0 Å². The molecule has 1 atom stereocenters. The Balaban J connectivity index is 2.57. The topological polar surface area (TPSA) is 41.3 Å². The van der Waals surface area contributed by atoms with Gasteiger partial charge in [0.2, 0.25) is 0 Å². The van der Waals surface area contributed by atoms with E-state index >= 15 is 0 Å². The smallest absolute Gasteiger partial charge is 0.141 e. The minimum absolute atomic E-state index is 0.158. The predicted molar refractivity (Wildman–Crippen MR) is 69.4 cm³/mol. The van der Waals surface area contributed by atoms with Crippen LogP contribution in [-0.4, -0.2) is 31.6 Å². The van der Waals surface area contributed by atoms with Crippen molar-refractivity contribution in [2.24, 2.45) is 5.84 Å². The van der Waals surface area contributed by atoms with Gasteiger partial charge in [0.15, 0.2) is 0 Å². The Morgan fingerprint density at radius 1 is 1.47 bits per heavy atom. The van der Waals surface area contributed by atoms with Crippen molar-refractivity contribution in [2.45, 2.75) is 18.9 Å². The summed E-state index contributed by atoms with van der Waals surface area (Å²) in [6.07, 6.45) is 1.67. The maximum atomic E-state index is 13.0. The molecular weight excluding hydrogens is 241 g/mol. The van der Waals surface area contributed by atoms with Gasteiger partial charge >= 0.3 is 0 Å². The van der Waals surface area contributed by atoms with E-state index in [1.165, 1.54) is 6.07 Å². The van der Waals surface area contributed by atoms with E-state index in [1.807, 2.05) is 14.1 Å². The van der Waals surface area contributed by atoms with Crippen LogP contribution in [0.15, 0.2) is 18.2 Å². The SMILES string of the molecule is CN(C)CCC(Cc1ccc(F)c(Cl)c1)NN. The van der Waals surface area contributed by atoms with Gasteiger partial charge in [0.1, 0.15) is 5.82 Å². The molecule has 0 amide bonds. The molecule has 0 radical (unpaired) electrons. The molecule has 0 aliphatic carbocycles. The number of benzene rings is 1. The maximum absolute atomic E-state index is 13.0. The van der Waals surface area contributed by atoms with Crippen molar-refractivity contribution >= 4 is 11.6 Å². The molecule has 0 aliphatic rings. The van der Waals surface area contributed by atoms with Crippen LogP contribution < -0.4 is 11.3 Å². The van der Waals surface area contributed by atoms with E-state index in [1.54, 1.807) is 12.1 Å². The Labute approximate surface area is 107 Å². The van der Waals surface area contributed by atoms with Gasteiger partial charge in [0.25, 0.3) is 0 Å². The summed E-state index contributed by atoms with van der Waals surface area (Å²) in [4.78, 5) is 2.10. The molecule has 5 heteroatoms. The third kappa shape index (κ3) is 5.00. The molecule has 1 aromatic rings. The van der Waals surface area contributed by atoms with Gasteiger partial charge in [-0.05, 0) is 51.2 Å². The lowest BCUT2D eigenvalue weighted by atomic mass is 10.0. The molecule has 0 aliphatic heterocycles. The number of nitrogens with zero attached hydrogens (tertiary/aromatic N) is 1. The first-order chi connectivity index (χ1) is 8.02. The monoisotopic (exact) mass is 259 g/mol. The number of hydrogen-bond acceptors (Lipinski definition) is 3. The molecule has 0 heterocycles. The number of halogens is 2. The molecule has 0 fully saturated rings. The highest BCUT2D eigenvalue weighted by atomic mass is 35.5. The zero-order chi connectivity index (χ0) is 12.8. The molecule has 17 heavy (non-hydrogen) atoms. The lowest BCUT2D eigenvalue weighted by Crippen LogP contribution is -2.38. The summed E-state index contributed by atoms with van der Waals surface area (Å²) in [7, 11) is 4.03. The predicted octanol–water partition coefficient (Wildman–Crippen LogP) is 1.81. The second-order valence-electron chi connectivity index (χ2n) is 4.41. The van der Waals surface area contributed by atoms with E-state index in [0.717, 1.165) is 24.9 Å². The Bertz CT molecular complexity index is 358. The third-order valence-electron chi connectivity index (χ3n) is 2.63. The summed E-state index contributed by atoms with van der Waals surface area (Å²) in [6, 6.07) is 4.94. The number of hydrogen-bond donors (Lipinski definition) is 2. The normalized spacial score (nSPS) is 13.1.